The fraction of sp³-hybridized carbons (Fsp3) is 0.933. The quantitative estimate of drug-likeness (QED) is 0.760. The SMILES string of the molecule is CC[C@H]1[C@H]2[C@H](C[C@H]1C)[C@H]1CCC(=O)[C@H]1C[C@@H]2O. The lowest BCUT2D eigenvalue weighted by Gasteiger charge is -2.41. The van der Waals surface area contributed by atoms with Crippen LogP contribution in [0, 0.1) is 35.5 Å². The number of carbonyl (C=O) groups excluding carboxylic acids is 1. The van der Waals surface area contributed by atoms with Crippen LogP contribution in [-0.2, 0) is 4.79 Å². The molecule has 1 N–H and O–H groups in total. The molecule has 3 aliphatic carbocycles. The number of hydrogen-bond donors (Lipinski definition) is 1. The average molecular weight is 236 g/mol. The van der Waals surface area contributed by atoms with Crippen molar-refractivity contribution < 1.29 is 9.90 Å². The molecule has 7 atom stereocenters. The van der Waals surface area contributed by atoms with E-state index in [1.165, 1.54) is 12.8 Å². The standard InChI is InChI=1S/C15H24O2/c1-3-9-8(2)6-12-10-4-5-13(16)11(10)7-14(17)15(9)12/h8-12,14-15,17H,3-7H2,1-2H3/t8-,9-,10+,11+,12-,14+,15+/m1/s1. The predicted molar refractivity (Wildman–Crippen MR) is 66.4 cm³/mol. The van der Waals surface area contributed by atoms with Gasteiger partial charge in [0, 0.05) is 12.3 Å². The molecule has 3 saturated carbocycles. The zero-order valence-electron chi connectivity index (χ0n) is 10.9. The minimum Gasteiger partial charge on any atom is -0.393 e. The number of fused-ring (bicyclic) bond motifs is 3. The van der Waals surface area contributed by atoms with Crippen molar-refractivity contribution in [3.63, 3.8) is 0 Å². The van der Waals surface area contributed by atoms with Crippen LogP contribution in [0.2, 0.25) is 0 Å². The number of carbonyl (C=O) groups is 1. The van der Waals surface area contributed by atoms with Gasteiger partial charge in [-0.3, -0.25) is 4.79 Å². The van der Waals surface area contributed by atoms with Gasteiger partial charge in [0.1, 0.15) is 5.78 Å². The summed E-state index contributed by atoms with van der Waals surface area (Å²) in [5, 5.41) is 10.4. The van der Waals surface area contributed by atoms with Crippen LogP contribution in [0.4, 0.5) is 0 Å². The lowest BCUT2D eigenvalue weighted by Crippen LogP contribution is -2.42. The van der Waals surface area contributed by atoms with Crippen molar-refractivity contribution in [2.45, 2.75) is 52.1 Å². The van der Waals surface area contributed by atoms with Crippen molar-refractivity contribution in [1.82, 2.24) is 0 Å². The third-order valence-corrected chi connectivity index (χ3v) is 5.98. The number of Topliss-reactive ketones (excluding diaryl/α,β-unsaturated/α-hetero) is 1. The summed E-state index contributed by atoms with van der Waals surface area (Å²) in [5.41, 5.74) is 0. The molecule has 0 spiro atoms. The molecule has 0 aromatic carbocycles. The van der Waals surface area contributed by atoms with Gasteiger partial charge in [-0.1, -0.05) is 20.3 Å². The molecular weight excluding hydrogens is 212 g/mol. The second-order valence-corrected chi connectivity index (χ2v) is 6.60. The van der Waals surface area contributed by atoms with E-state index in [0.717, 1.165) is 25.2 Å². The second-order valence-electron chi connectivity index (χ2n) is 6.60. The highest BCUT2D eigenvalue weighted by Gasteiger charge is 2.55. The van der Waals surface area contributed by atoms with Crippen molar-refractivity contribution in [3.8, 4) is 0 Å². The van der Waals surface area contributed by atoms with Crippen LogP contribution in [0.25, 0.3) is 0 Å². The average Bonchev–Trinajstić information content (AvgIpc) is 2.81. The molecule has 0 aromatic heterocycles. The van der Waals surface area contributed by atoms with Gasteiger partial charge < -0.3 is 5.11 Å². The summed E-state index contributed by atoms with van der Waals surface area (Å²) in [5.74, 6) is 3.78. The topological polar surface area (TPSA) is 37.3 Å². The summed E-state index contributed by atoms with van der Waals surface area (Å²) in [6.07, 6.45) is 4.85. The maximum Gasteiger partial charge on any atom is 0.136 e. The van der Waals surface area contributed by atoms with Crippen LogP contribution < -0.4 is 0 Å². The third-order valence-electron chi connectivity index (χ3n) is 5.98. The smallest absolute Gasteiger partial charge is 0.136 e. The van der Waals surface area contributed by atoms with Crippen molar-refractivity contribution in [3.05, 3.63) is 0 Å². The Balaban J connectivity index is 1.88. The van der Waals surface area contributed by atoms with E-state index in [-0.39, 0.29) is 12.0 Å². The van der Waals surface area contributed by atoms with Crippen LogP contribution in [0.1, 0.15) is 46.0 Å². The normalized spacial score (nSPS) is 53.6. The Morgan fingerprint density at radius 2 is 2.06 bits per heavy atom. The van der Waals surface area contributed by atoms with E-state index < -0.39 is 0 Å². The maximum atomic E-state index is 11.9. The number of ketones is 1. The zero-order valence-corrected chi connectivity index (χ0v) is 10.9. The van der Waals surface area contributed by atoms with E-state index >= 15 is 0 Å². The molecule has 0 bridgehead atoms. The van der Waals surface area contributed by atoms with Gasteiger partial charge in [-0.2, -0.15) is 0 Å². The number of aliphatic hydroxyl groups excluding tert-OH is 1. The lowest BCUT2D eigenvalue weighted by molar-refractivity contribution is -0.125. The van der Waals surface area contributed by atoms with Crippen LogP contribution in [0.5, 0.6) is 0 Å². The molecule has 0 saturated heterocycles. The molecule has 0 aliphatic heterocycles. The van der Waals surface area contributed by atoms with Crippen LogP contribution in [0.15, 0.2) is 0 Å². The van der Waals surface area contributed by atoms with Gasteiger partial charge in [-0.05, 0) is 48.9 Å². The largest absolute Gasteiger partial charge is 0.393 e. The fourth-order valence-corrected chi connectivity index (χ4v) is 5.33. The van der Waals surface area contributed by atoms with E-state index in [9.17, 15) is 9.90 Å². The van der Waals surface area contributed by atoms with Crippen LogP contribution in [0.3, 0.4) is 0 Å². The van der Waals surface area contributed by atoms with Gasteiger partial charge in [-0.15, -0.1) is 0 Å². The lowest BCUT2D eigenvalue weighted by atomic mass is 9.65. The molecule has 0 radical (unpaired) electrons. The van der Waals surface area contributed by atoms with Gasteiger partial charge in [0.05, 0.1) is 6.10 Å². The Kier molecular flexibility index (Phi) is 2.81. The van der Waals surface area contributed by atoms with Gasteiger partial charge in [-0.25, -0.2) is 0 Å². The molecule has 3 rings (SSSR count). The molecule has 3 aliphatic rings. The molecule has 0 aromatic rings. The van der Waals surface area contributed by atoms with Crippen molar-refractivity contribution in [1.29, 1.82) is 0 Å². The minimum atomic E-state index is -0.210. The van der Waals surface area contributed by atoms with E-state index in [1.54, 1.807) is 0 Å². The van der Waals surface area contributed by atoms with E-state index in [2.05, 4.69) is 13.8 Å². The van der Waals surface area contributed by atoms with Gasteiger partial charge in [0.15, 0.2) is 0 Å². The van der Waals surface area contributed by atoms with E-state index in [4.69, 9.17) is 0 Å². The Labute approximate surface area is 104 Å². The highest BCUT2D eigenvalue weighted by molar-refractivity contribution is 5.83. The first-order valence-corrected chi connectivity index (χ1v) is 7.34. The van der Waals surface area contributed by atoms with Crippen molar-refractivity contribution >= 4 is 5.78 Å². The summed E-state index contributed by atoms with van der Waals surface area (Å²) in [6.45, 7) is 4.59. The summed E-state index contributed by atoms with van der Waals surface area (Å²) in [7, 11) is 0. The molecule has 96 valence electrons. The molecule has 2 heteroatoms. The number of hydrogen-bond acceptors (Lipinski definition) is 2. The summed E-state index contributed by atoms with van der Waals surface area (Å²) >= 11 is 0. The van der Waals surface area contributed by atoms with Gasteiger partial charge >= 0.3 is 0 Å². The molecule has 0 amide bonds. The fourth-order valence-electron chi connectivity index (χ4n) is 5.33. The summed E-state index contributed by atoms with van der Waals surface area (Å²) < 4.78 is 0. The first kappa shape index (κ1) is 11.7. The maximum absolute atomic E-state index is 11.9. The molecule has 3 fully saturated rings. The van der Waals surface area contributed by atoms with Gasteiger partial charge in [0.25, 0.3) is 0 Å². The molecule has 0 unspecified atom stereocenters. The molecule has 2 nitrogen and oxygen atoms in total. The molecular formula is C15H24O2. The number of aliphatic hydroxyl groups is 1. The van der Waals surface area contributed by atoms with Gasteiger partial charge in [0.2, 0.25) is 0 Å². The van der Waals surface area contributed by atoms with E-state index in [0.29, 0.717) is 29.5 Å². The zero-order chi connectivity index (χ0) is 12.2. The minimum absolute atomic E-state index is 0.203. The van der Waals surface area contributed by atoms with Crippen LogP contribution >= 0.6 is 0 Å². The Hall–Kier alpha value is -0.370. The van der Waals surface area contributed by atoms with E-state index in [1.807, 2.05) is 0 Å². The second kappa shape index (κ2) is 4.08. The highest BCUT2D eigenvalue weighted by Crippen LogP contribution is 2.57. The Morgan fingerprint density at radius 1 is 1.29 bits per heavy atom. The predicted octanol–water partition coefficient (Wildman–Crippen LogP) is 2.64. The van der Waals surface area contributed by atoms with Crippen molar-refractivity contribution in [2.75, 3.05) is 0 Å². The summed E-state index contributed by atoms with van der Waals surface area (Å²) in [4.78, 5) is 11.9. The van der Waals surface area contributed by atoms with Crippen LogP contribution in [-0.4, -0.2) is 17.0 Å². The molecule has 17 heavy (non-hydrogen) atoms. The first-order chi connectivity index (χ1) is 8.13. The monoisotopic (exact) mass is 236 g/mol. The number of rotatable bonds is 1. The Morgan fingerprint density at radius 3 is 2.76 bits per heavy atom. The Bertz CT molecular complexity index is 325. The summed E-state index contributed by atoms with van der Waals surface area (Å²) in [6, 6.07) is 0. The third kappa shape index (κ3) is 1.60. The first-order valence-electron chi connectivity index (χ1n) is 7.34. The van der Waals surface area contributed by atoms with Crippen molar-refractivity contribution in [2.24, 2.45) is 35.5 Å². The molecule has 0 heterocycles. The highest BCUT2D eigenvalue weighted by atomic mass is 16.3.